The molecule has 0 unspecified atom stereocenters. The van der Waals surface area contributed by atoms with Crippen molar-refractivity contribution in [2.75, 3.05) is 18.2 Å². The van der Waals surface area contributed by atoms with E-state index in [4.69, 9.17) is 16.3 Å². The van der Waals surface area contributed by atoms with E-state index in [1.807, 2.05) is 27.0 Å². The van der Waals surface area contributed by atoms with Crippen molar-refractivity contribution in [2.45, 2.75) is 32.3 Å². The smallest absolute Gasteiger partial charge is 0.253 e. The van der Waals surface area contributed by atoms with Crippen LogP contribution in [-0.4, -0.2) is 38.4 Å². The molecule has 3 aromatic rings. The number of rotatable bonds is 6. The van der Waals surface area contributed by atoms with Crippen LogP contribution in [-0.2, 0) is 11.2 Å². The summed E-state index contributed by atoms with van der Waals surface area (Å²) in [4.78, 5) is 21.6. The normalized spacial score (nSPS) is 11.1. The molecule has 28 heavy (non-hydrogen) atoms. The summed E-state index contributed by atoms with van der Waals surface area (Å²) in [6.45, 7) is 6.11. The second kappa shape index (κ2) is 8.67. The third kappa shape index (κ3) is 4.26. The van der Waals surface area contributed by atoms with Crippen molar-refractivity contribution in [3.63, 3.8) is 0 Å². The monoisotopic (exact) mass is 483 g/mol. The van der Waals surface area contributed by atoms with Crippen LogP contribution in [0.4, 0.5) is 5.69 Å². The van der Waals surface area contributed by atoms with Gasteiger partial charge in [-0.1, -0.05) is 23.4 Å². The van der Waals surface area contributed by atoms with Crippen molar-refractivity contribution < 1.29 is 9.53 Å². The molecule has 1 aromatic carbocycles. The van der Waals surface area contributed by atoms with Gasteiger partial charge in [0.1, 0.15) is 0 Å². The van der Waals surface area contributed by atoms with Crippen LogP contribution in [0, 0.1) is 13.8 Å². The molecule has 3 rings (SSSR count). The van der Waals surface area contributed by atoms with Crippen molar-refractivity contribution >= 4 is 56.7 Å². The van der Waals surface area contributed by atoms with Gasteiger partial charge < -0.3 is 10.1 Å². The molecule has 0 atom stereocenters. The molecular weight excluding hydrogens is 466 g/mol. The Morgan fingerprint density at radius 3 is 2.79 bits per heavy atom. The summed E-state index contributed by atoms with van der Waals surface area (Å²) >= 11 is 11.0. The van der Waals surface area contributed by atoms with Gasteiger partial charge in [0.05, 0.1) is 23.2 Å². The summed E-state index contributed by atoms with van der Waals surface area (Å²) in [7, 11) is 0. The Balaban J connectivity index is 1.90. The van der Waals surface area contributed by atoms with E-state index in [0.29, 0.717) is 38.5 Å². The average molecular weight is 485 g/mol. The topological polar surface area (TPSA) is 81.4 Å². The van der Waals surface area contributed by atoms with Crippen LogP contribution in [0.5, 0.6) is 5.75 Å². The summed E-state index contributed by atoms with van der Waals surface area (Å²) in [5, 5.41) is 8.44. The minimum absolute atomic E-state index is 0.144. The van der Waals surface area contributed by atoms with E-state index >= 15 is 0 Å². The standard InChI is InChI=1S/C18H19BrClN5O2S/c1-5-27-16-13(19)6-11(20)7-14(16)22-15(26)8-12-9(2)21-17-23-18(28-4)24-25(17)10(12)3/h6-7H,5,8H2,1-4H3,(H,22,26). The lowest BCUT2D eigenvalue weighted by molar-refractivity contribution is -0.115. The van der Waals surface area contributed by atoms with Gasteiger partial charge in [-0.05, 0) is 55.1 Å². The SMILES string of the molecule is CCOc1c(Br)cc(Cl)cc1NC(=O)Cc1c(C)nc2nc(SC)nn2c1C. The number of hydrogen-bond acceptors (Lipinski definition) is 6. The van der Waals surface area contributed by atoms with E-state index in [-0.39, 0.29) is 12.3 Å². The van der Waals surface area contributed by atoms with Gasteiger partial charge in [-0.2, -0.15) is 4.98 Å². The number of hydrogen-bond donors (Lipinski definition) is 1. The maximum absolute atomic E-state index is 12.8. The first-order valence-corrected chi connectivity index (χ1v) is 10.9. The number of nitrogens with one attached hydrogen (secondary N) is 1. The Morgan fingerprint density at radius 2 is 2.11 bits per heavy atom. The average Bonchev–Trinajstić information content (AvgIpc) is 3.04. The summed E-state index contributed by atoms with van der Waals surface area (Å²) in [6.07, 6.45) is 2.05. The number of amides is 1. The molecule has 2 heterocycles. The van der Waals surface area contributed by atoms with E-state index in [1.54, 1.807) is 16.6 Å². The number of anilines is 1. The van der Waals surface area contributed by atoms with Gasteiger partial charge in [-0.3, -0.25) is 4.79 Å². The van der Waals surface area contributed by atoms with E-state index < -0.39 is 0 Å². The number of carbonyl (C=O) groups excluding carboxylic acids is 1. The van der Waals surface area contributed by atoms with Crippen molar-refractivity contribution in [1.82, 2.24) is 19.6 Å². The Labute approximate surface area is 180 Å². The molecule has 0 fully saturated rings. The molecule has 2 aromatic heterocycles. The van der Waals surface area contributed by atoms with Crippen LogP contribution < -0.4 is 10.1 Å². The number of aryl methyl sites for hydroxylation is 2. The van der Waals surface area contributed by atoms with Crippen LogP contribution in [0.3, 0.4) is 0 Å². The van der Waals surface area contributed by atoms with Crippen molar-refractivity contribution in [3.8, 4) is 5.75 Å². The fraction of sp³-hybridized carbons (Fsp3) is 0.333. The van der Waals surface area contributed by atoms with Crippen LogP contribution in [0.15, 0.2) is 21.8 Å². The fourth-order valence-electron chi connectivity index (χ4n) is 2.83. The Kier molecular flexibility index (Phi) is 6.47. The molecule has 1 N–H and O–H groups in total. The first kappa shape index (κ1) is 20.9. The highest BCUT2D eigenvalue weighted by atomic mass is 79.9. The molecule has 0 aliphatic heterocycles. The highest BCUT2D eigenvalue weighted by Crippen LogP contribution is 2.36. The van der Waals surface area contributed by atoms with Gasteiger partial charge in [0.25, 0.3) is 5.78 Å². The van der Waals surface area contributed by atoms with Gasteiger partial charge in [0.2, 0.25) is 11.1 Å². The minimum Gasteiger partial charge on any atom is -0.491 e. The van der Waals surface area contributed by atoms with Crippen molar-refractivity contribution in [2.24, 2.45) is 0 Å². The van der Waals surface area contributed by atoms with Crippen molar-refractivity contribution in [1.29, 1.82) is 0 Å². The zero-order chi connectivity index (χ0) is 20.4. The summed E-state index contributed by atoms with van der Waals surface area (Å²) in [6, 6.07) is 3.39. The van der Waals surface area contributed by atoms with Gasteiger partial charge in [-0.15, -0.1) is 5.10 Å². The molecule has 0 aliphatic carbocycles. The lowest BCUT2D eigenvalue weighted by Gasteiger charge is -2.15. The number of carbonyl (C=O) groups is 1. The molecule has 0 aliphatic rings. The molecule has 10 heteroatoms. The molecule has 0 bridgehead atoms. The third-order valence-corrected chi connectivity index (χ3v) is 5.47. The van der Waals surface area contributed by atoms with E-state index in [0.717, 1.165) is 17.0 Å². The van der Waals surface area contributed by atoms with Crippen molar-refractivity contribution in [3.05, 3.63) is 38.6 Å². The summed E-state index contributed by atoms with van der Waals surface area (Å²) < 4.78 is 7.99. The van der Waals surface area contributed by atoms with Gasteiger partial charge in [0.15, 0.2) is 5.75 Å². The summed E-state index contributed by atoms with van der Waals surface area (Å²) in [5.74, 6) is 0.872. The van der Waals surface area contributed by atoms with E-state index in [2.05, 4.69) is 36.3 Å². The zero-order valence-corrected chi connectivity index (χ0v) is 19.0. The van der Waals surface area contributed by atoms with Crippen LogP contribution in [0.1, 0.15) is 23.9 Å². The van der Waals surface area contributed by atoms with Gasteiger partial charge in [0, 0.05) is 22.0 Å². The number of nitrogens with zero attached hydrogens (tertiary/aromatic N) is 4. The Bertz CT molecular complexity index is 1060. The van der Waals surface area contributed by atoms with E-state index in [9.17, 15) is 4.79 Å². The lowest BCUT2D eigenvalue weighted by Crippen LogP contribution is -2.18. The summed E-state index contributed by atoms with van der Waals surface area (Å²) in [5.41, 5.74) is 2.91. The Hall–Kier alpha value is -1.84. The minimum atomic E-state index is -0.201. The molecule has 0 saturated heterocycles. The predicted molar refractivity (Wildman–Crippen MR) is 115 cm³/mol. The number of ether oxygens (including phenoxy) is 1. The third-order valence-electron chi connectivity index (χ3n) is 4.12. The molecular formula is C18H19BrClN5O2S. The first-order valence-electron chi connectivity index (χ1n) is 8.52. The van der Waals surface area contributed by atoms with Gasteiger partial charge in [-0.25, -0.2) is 9.50 Å². The maximum atomic E-state index is 12.8. The zero-order valence-electron chi connectivity index (χ0n) is 15.8. The first-order chi connectivity index (χ1) is 13.3. The highest BCUT2D eigenvalue weighted by Gasteiger charge is 2.18. The lowest BCUT2D eigenvalue weighted by atomic mass is 10.1. The molecule has 1 amide bonds. The van der Waals surface area contributed by atoms with Crippen LogP contribution in [0.2, 0.25) is 5.02 Å². The highest BCUT2D eigenvalue weighted by molar-refractivity contribution is 9.10. The number of thioether (sulfide) groups is 1. The number of benzene rings is 1. The number of halogens is 2. The molecule has 7 nitrogen and oxygen atoms in total. The predicted octanol–water partition coefficient (Wildman–Crippen LogP) is 4.46. The molecule has 0 saturated carbocycles. The second-order valence-corrected chi connectivity index (χ2v) is 8.06. The fourth-order valence-corrected chi connectivity index (χ4v) is 4.09. The van der Waals surface area contributed by atoms with Gasteiger partial charge >= 0.3 is 0 Å². The number of fused-ring (bicyclic) bond motifs is 1. The van der Waals surface area contributed by atoms with Crippen LogP contribution >= 0.6 is 39.3 Å². The second-order valence-electron chi connectivity index (χ2n) is 5.99. The quantitative estimate of drug-likeness (QED) is 0.520. The molecule has 0 radical (unpaired) electrons. The Morgan fingerprint density at radius 1 is 1.36 bits per heavy atom. The molecule has 0 spiro atoms. The largest absolute Gasteiger partial charge is 0.491 e. The van der Waals surface area contributed by atoms with E-state index in [1.165, 1.54) is 11.8 Å². The molecule has 148 valence electrons. The maximum Gasteiger partial charge on any atom is 0.253 e. The number of aromatic nitrogens is 4. The van der Waals surface area contributed by atoms with Crippen LogP contribution in [0.25, 0.3) is 5.78 Å².